The van der Waals surface area contributed by atoms with Crippen LogP contribution in [0.25, 0.3) is 27.8 Å². The lowest BCUT2D eigenvalue weighted by atomic mass is 9.71. The zero-order valence-corrected chi connectivity index (χ0v) is 21.6. The van der Waals surface area contributed by atoms with Crippen molar-refractivity contribution in [3.05, 3.63) is 96.3 Å². The van der Waals surface area contributed by atoms with Crippen molar-refractivity contribution < 1.29 is 17.9 Å². The molecule has 2 aliphatic rings. The zero-order valence-electron chi connectivity index (χ0n) is 21.6. The highest BCUT2D eigenvalue weighted by molar-refractivity contribution is 6.08. The molecule has 0 aliphatic heterocycles. The number of halogens is 3. The van der Waals surface area contributed by atoms with Gasteiger partial charge in [0.05, 0.1) is 0 Å². The fourth-order valence-electron chi connectivity index (χ4n) is 6.13. The molecule has 0 bridgehead atoms. The second-order valence-corrected chi connectivity index (χ2v) is 10.5. The first kappa shape index (κ1) is 26.4. The van der Waals surface area contributed by atoms with Crippen molar-refractivity contribution in [1.29, 1.82) is 0 Å². The van der Waals surface area contributed by atoms with Gasteiger partial charge in [0, 0.05) is 17.6 Å². The van der Waals surface area contributed by atoms with E-state index in [9.17, 15) is 8.78 Å². The van der Waals surface area contributed by atoms with Crippen molar-refractivity contribution in [3.8, 4) is 28.0 Å². The Hall–Kier alpha value is -3.21. The summed E-state index contributed by atoms with van der Waals surface area (Å²) in [6.45, 7) is 3.71. The van der Waals surface area contributed by atoms with Crippen molar-refractivity contribution in [2.45, 2.75) is 44.9 Å². The number of rotatable bonds is 7. The summed E-state index contributed by atoms with van der Waals surface area (Å²) in [7, 11) is 5.26. The standard InChI is InChI=1S/C33H32BF3O/c1-2-21-3-5-22(6-4-21)23-7-9-24(10-8-23)27-15-16-28(30(35)19-27)25-11-13-26(14-12-25)29-17-18-31(38-20-34)33(37)32(29)36/h2,9,11-19,21-23H,1,3-8,10,20H2. The molecule has 2 aliphatic carbocycles. The first-order valence-electron chi connectivity index (χ1n) is 13.5. The van der Waals surface area contributed by atoms with Crippen LogP contribution in [-0.2, 0) is 0 Å². The largest absolute Gasteiger partial charge is 0.500 e. The zero-order chi connectivity index (χ0) is 26.6. The second kappa shape index (κ2) is 11.7. The molecule has 0 heterocycles. The molecular weight excluding hydrogens is 480 g/mol. The Morgan fingerprint density at radius 1 is 0.789 bits per heavy atom. The van der Waals surface area contributed by atoms with Gasteiger partial charge in [-0.3, -0.25) is 0 Å². The molecule has 5 rings (SSSR count). The molecular formula is C33H32BF3O. The number of allylic oxidation sites excluding steroid dienone is 3. The van der Waals surface area contributed by atoms with Crippen LogP contribution in [0.5, 0.6) is 5.75 Å². The fourth-order valence-corrected chi connectivity index (χ4v) is 6.13. The van der Waals surface area contributed by atoms with Gasteiger partial charge < -0.3 is 4.74 Å². The van der Waals surface area contributed by atoms with E-state index in [2.05, 4.69) is 18.7 Å². The number of hydrogen-bond acceptors (Lipinski definition) is 1. The van der Waals surface area contributed by atoms with E-state index in [-0.39, 0.29) is 23.6 Å². The molecule has 1 unspecified atom stereocenters. The van der Waals surface area contributed by atoms with Crippen LogP contribution in [0.3, 0.4) is 0 Å². The van der Waals surface area contributed by atoms with Crippen LogP contribution in [0, 0.1) is 35.2 Å². The van der Waals surface area contributed by atoms with Crippen LogP contribution in [0.4, 0.5) is 13.2 Å². The van der Waals surface area contributed by atoms with E-state index in [0.29, 0.717) is 22.6 Å². The normalized spacial score (nSPS) is 21.6. The van der Waals surface area contributed by atoms with Crippen molar-refractivity contribution in [2.75, 3.05) is 6.51 Å². The molecule has 1 nitrogen and oxygen atoms in total. The summed E-state index contributed by atoms with van der Waals surface area (Å²) in [4.78, 5) is 0. The summed E-state index contributed by atoms with van der Waals surface area (Å²) in [5.41, 5.74) is 3.91. The number of benzene rings is 3. The van der Waals surface area contributed by atoms with Gasteiger partial charge in [-0.25, -0.2) is 8.78 Å². The Morgan fingerprint density at radius 2 is 1.45 bits per heavy atom. The minimum Gasteiger partial charge on any atom is -0.500 e. The lowest BCUT2D eigenvalue weighted by Crippen LogP contribution is -2.22. The van der Waals surface area contributed by atoms with Crippen LogP contribution in [-0.4, -0.2) is 14.4 Å². The first-order valence-corrected chi connectivity index (χ1v) is 13.5. The van der Waals surface area contributed by atoms with Gasteiger partial charge in [0.15, 0.2) is 11.6 Å². The maximum absolute atomic E-state index is 15.2. The van der Waals surface area contributed by atoms with Crippen LogP contribution < -0.4 is 4.74 Å². The smallest absolute Gasteiger partial charge is 0.201 e. The van der Waals surface area contributed by atoms with Crippen LogP contribution in [0.2, 0.25) is 0 Å². The summed E-state index contributed by atoms with van der Waals surface area (Å²) in [5, 5.41) is 0. The monoisotopic (exact) mass is 512 g/mol. The van der Waals surface area contributed by atoms with Crippen LogP contribution in [0.1, 0.15) is 50.5 Å². The summed E-state index contributed by atoms with van der Waals surface area (Å²) < 4.78 is 49.0. The van der Waals surface area contributed by atoms with E-state index in [0.717, 1.165) is 36.7 Å². The highest BCUT2D eigenvalue weighted by Crippen LogP contribution is 2.42. The fraction of sp³-hybridized carbons (Fsp3) is 0.333. The van der Waals surface area contributed by atoms with E-state index in [1.54, 1.807) is 30.3 Å². The van der Waals surface area contributed by atoms with E-state index < -0.39 is 11.6 Å². The van der Waals surface area contributed by atoms with Gasteiger partial charge in [-0.2, -0.15) is 4.39 Å². The molecule has 0 N–H and O–H groups in total. The Kier molecular flexibility index (Phi) is 8.11. The first-order chi connectivity index (χ1) is 18.5. The molecule has 1 fully saturated rings. The summed E-state index contributed by atoms with van der Waals surface area (Å²) >= 11 is 0. The SMILES string of the molecule is [B]COc1ccc(-c2ccc(-c3ccc(C4=CCC(C5CCC(C=C)CC5)CC4)cc3F)cc2)c(F)c1F. The molecule has 194 valence electrons. The van der Waals surface area contributed by atoms with E-state index in [1.165, 1.54) is 43.4 Å². The average molecular weight is 512 g/mol. The molecule has 38 heavy (non-hydrogen) atoms. The highest BCUT2D eigenvalue weighted by atomic mass is 19.2. The van der Waals surface area contributed by atoms with Gasteiger partial charge in [-0.15, -0.1) is 6.58 Å². The maximum atomic E-state index is 15.2. The molecule has 1 atom stereocenters. The van der Waals surface area contributed by atoms with Crippen molar-refractivity contribution in [2.24, 2.45) is 17.8 Å². The van der Waals surface area contributed by atoms with Gasteiger partial charge in [0.25, 0.3) is 0 Å². The molecule has 0 saturated heterocycles. The second-order valence-electron chi connectivity index (χ2n) is 10.5. The van der Waals surface area contributed by atoms with Crippen LogP contribution in [0.15, 0.2) is 73.3 Å². The van der Waals surface area contributed by atoms with Crippen molar-refractivity contribution in [1.82, 2.24) is 0 Å². The van der Waals surface area contributed by atoms with E-state index in [4.69, 9.17) is 12.6 Å². The van der Waals surface area contributed by atoms with Crippen molar-refractivity contribution >= 4 is 13.4 Å². The third kappa shape index (κ3) is 5.48. The number of hydrogen-bond donors (Lipinski definition) is 0. The minimum absolute atomic E-state index is 0.102. The number of ether oxygens (including phenoxy) is 1. The Bertz CT molecular complexity index is 1320. The minimum atomic E-state index is -1.08. The van der Waals surface area contributed by atoms with Crippen molar-refractivity contribution in [3.63, 3.8) is 0 Å². The lowest BCUT2D eigenvalue weighted by Gasteiger charge is -2.34. The third-order valence-corrected chi connectivity index (χ3v) is 8.40. The molecule has 0 amide bonds. The molecule has 0 spiro atoms. The maximum Gasteiger partial charge on any atom is 0.201 e. The van der Waals surface area contributed by atoms with Gasteiger partial charge in [-0.05, 0) is 103 Å². The predicted molar refractivity (Wildman–Crippen MR) is 149 cm³/mol. The topological polar surface area (TPSA) is 9.23 Å². The Balaban J connectivity index is 1.28. The predicted octanol–water partition coefficient (Wildman–Crippen LogP) is 9.12. The van der Waals surface area contributed by atoms with E-state index in [1.807, 2.05) is 12.1 Å². The molecule has 3 aromatic rings. The van der Waals surface area contributed by atoms with E-state index >= 15 is 4.39 Å². The lowest BCUT2D eigenvalue weighted by molar-refractivity contribution is 0.212. The van der Waals surface area contributed by atoms with Gasteiger partial charge in [-0.1, -0.05) is 48.6 Å². The third-order valence-electron chi connectivity index (χ3n) is 8.40. The Morgan fingerprint density at radius 3 is 2.05 bits per heavy atom. The quantitative estimate of drug-likeness (QED) is 0.227. The molecule has 2 radical (unpaired) electrons. The summed E-state index contributed by atoms with van der Waals surface area (Å²) in [6.07, 6.45) is 12.8. The van der Waals surface area contributed by atoms with Gasteiger partial charge in [0.1, 0.15) is 13.7 Å². The van der Waals surface area contributed by atoms with Crippen LogP contribution >= 0.6 is 0 Å². The Labute approximate surface area is 224 Å². The highest BCUT2D eigenvalue weighted by Gasteiger charge is 2.28. The molecule has 3 aromatic carbocycles. The molecule has 0 aromatic heterocycles. The summed E-state index contributed by atoms with van der Waals surface area (Å²) in [6, 6.07) is 15.0. The molecule has 5 heteroatoms. The average Bonchev–Trinajstić information content (AvgIpc) is 2.96. The summed E-state index contributed by atoms with van der Waals surface area (Å²) in [5.74, 6) is -0.393. The van der Waals surface area contributed by atoms with Gasteiger partial charge in [0.2, 0.25) is 5.82 Å². The molecule has 1 saturated carbocycles. The van der Waals surface area contributed by atoms with Gasteiger partial charge >= 0.3 is 0 Å².